The Labute approximate surface area is 168 Å². The maximum atomic E-state index is 12.7. The highest BCUT2D eigenvalue weighted by Crippen LogP contribution is 2.34. The molecule has 0 radical (unpaired) electrons. The van der Waals surface area contributed by atoms with E-state index in [2.05, 4.69) is 10.4 Å². The number of fused-ring (bicyclic) bond motifs is 1. The molecule has 1 fully saturated rings. The minimum atomic E-state index is -3.28. The van der Waals surface area contributed by atoms with E-state index in [4.69, 9.17) is 0 Å². The van der Waals surface area contributed by atoms with Crippen LogP contribution in [0.15, 0.2) is 24.3 Å². The number of aromatic nitrogens is 2. The molecule has 1 saturated carbocycles. The molecule has 0 atom stereocenters. The first kappa shape index (κ1) is 19.6. The highest BCUT2D eigenvalue weighted by Gasteiger charge is 2.33. The van der Waals surface area contributed by atoms with Gasteiger partial charge >= 0.3 is 0 Å². The molecule has 9 nitrogen and oxygen atoms in total. The highest BCUT2D eigenvalue weighted by atomic mass is 32.2. The lowest BCUT2D eigenvalue weighted by Crippen LogP contribution is -2.21. The summed E-state index contributed by atoms with van der Waals surface area (Å²) in [4.78, 5) is 23.1. The molecule has 2 heterocycles. The van der Waals surface area contributed by atoms with Gasteiger partial charge in [-0.05, 0) is 30.9 Å². The lowest BCUT2D eigenvalue weighted by molar-refractivity contribution is -0.384. The zero-order valence-electron chi connectivity index (χ0n) is 15.8. The molecule has 0 saturated heterocycles. The van der Waals surface area contributed by atoms with Crippen molar-refractivity contribution in [1.29, 1.82) is 0 Å². The summed E-state index contributed by atoms with van der Waals surface area (Å²) in [6, 6.07) is 5.77. The Morgan fingerprint density at radius 3 is 2.52 bits per heavy atom. The Morgan fingerprint density at radius 2 is 1.86 bits per heavy atom. The van der Waals surface area contributed by atoms with E-state index in [-0.39, 0.29) is 23.1 Å². The number of benzene rings is 1. The molecule has 1 N–H and O–H groups in total. The van der Waals surface area contributed by atoms with Gasteiger partial charge in [0.1, 0.15) is 5.82 Å². The van der Waals surface area contributed by atoms with Gasteiger partial charge in [0, 0.05) is 24.1 Å². The number of hydrogen-bond acceptors (Lipinski definition) is 6. The zero-order valence-corrected chi connectivity index (χ0v) is 16.7. The van der Waals surface area contributed by atoms with Crippen molar-refractivity contribution in [2.24, 2.45) is 5.92 Å². The number of amides is 1. The second-order valence-corrected chi connectivity index (χ2v) is 9.81. The number of hydrogen-bond donors (Lipinski definition) is 1. The van der Waals surface area contributed by atoms with Gasteiger partial charge in [-0.15, -0.1) is 0 Å². The Hall–Kier alpha value is -2.75. The van der Waals surface area contributed by atoms with E-state index in [0.29, 0.717) is 35.1 Å². The quantitative estimate of drug-likeness (QED) is 0.588. The molecule has 10 heteroatoms. The number of sulfone groups is 1. The average Bonchev–Trinajstić information content (AvgIpc) is 3.15. The first-order chi connectivity index (χ1) is 13.8. The van der Waals surface area contributed by atoms with Crippen molar-refractivity contribution in [3.8, 4) is 5.69 Å². The maximum Gasteiger partial charge on any atom is 0.269 e. The molecule has 1 aromatic carbocycles. The molecule has 0 unspecified atom stereocenters. The molecule has 1 aliphatic carbocycles. The van der Waals surface area contributed by atoms with Gasteiger partial charge in [-0.1, -0.05) is 19.3 Å². The predicted molar refractivity (Wildman–Crippen MR) is 106 cm³/mol. The fourth-order valence-electron chi connectivity index (χ4n) is 4.11. The SMILES string of the molecule is O=C(CC1CCCCC1)Nc1c2c(nn1-c1ccc([N+](=O)[O-])cc1)CS(=O)(=O)C2. The number of rotatable bonds is 5. The van der Waals surface area contributed by atoms with E-state index in [1.165, 1.54) is 35.4 Å². The van der Waals surface area contributed by atoms with Crippen molar-refractivity contribution in [2.45, 2.75) is 50.0 Å². The largest absolute Gasteiger partial charge is 0.310 e. The molecule has 0 bridgehead atoms. The monoisotopic (exact) mass is 418 g/mol. The van der Waals surface area contributed by atoms with Crippen molar-refractivity contribution in [2.75, 3.05) is 5.32 Å². The first-order valence-electron chi connectivity index (χ1n) is 9.68. The van der Waals surface area contributed by atoms with Crippen LogP contribution in [0.5, 0.6) is 0 Å². The van der Waals surface area contributed by atoms with Crippen LogP contribution in [-0.2, 0) is 26.1 Å². The maximum absolute atomic E-state index is 12.7. The number of carbonyl (C=O) groups excluding carboxylic acids is 1. The molecule has 2 aliphatic rings. The summed E-state index contributed by atoms with van der Waals surface area (Å²) in [6.45, 7) is 0. The molecule has 4 rings (SSSR count). The summed E-state index contributed by atoms with van der Waals surface area (Å²) < 4.78 is 25.5. The molecular formula is C19H22N4O5S. The number of nitro benzene ring substituents is 1. The van der Waals surface area contributed by atoms with Crippen LogP contribution < -0.4 is 5.32 Å². The van der Waals surface area contributed by atoms with Crippen LogP contribution in [0.4, 0.5) is 11.5 Å². The van der Waals surface area contributed by atoms with Gasteiger partial charge in [0.15, 0.2) is 9.84 Å². The van der Waals surface area contributed by atoms with E-state index in [1.54, 1.807) is 0 Å². The third-order valence-electron chi connectivity index (χ3n) is 5.55. The number of non-ortho nitro benzene ring substituents is 1. The first-order valence-corrected chi connectivity index (χ1v) is 11.5. The van der Waals surface area contributed by atoms with Crippen molar-refractivity contribution in [1.82, 2.24) is 9.78 Å². The lowest BCUT2D eigenvalue weighted by Gasteiger charge is -2.21. The van der Waals surface area contributed by atoms with Crippen molar-refractivity contribution in [3.63, 3.8) is 0 Å². The van der Waals surface area contributed by atoms with Crippen LogP contribution in [-0.4, -0.2) is 29.0 Å². The summed E-state index contributed by atoms with van der Waals surface area (Å²) in [7, 11) is -3.28. The third kappa shape index (κ3) is 4.16. The molecule has 1 amide bonds. The van der Waals surface area contributed by atoms with E-state index in [9.17, 15) is 23.3 Å². The molecule has 29 heavy (non-hydrogen) atoms. The Bertz CT molecular complexity index is 1050. The fourth-order valence-corrected chi connectivity index (χ4v) is 5.60. The fraction of sp³-hybridized carbons (Fsp3) is 0.474. The van der Waals surface area contributed by atoms with Crippen LogP contribution in [0, 0.1) is 16.0 Å². The van der Waals surface area contributed by atoms with Gasteiger partial charge in [-0.25, -0.2) is 13.1 Å². The van der Waals surface area contributed by atoms with Gasteiger partial charge in [0.25, 0.3) is 5.69 Å². The van der Waals surface area contributed by atoms with E-state index < -0.39 is 14.8 Å². The smallest absolute Gasteiger partial charge is 0.269 e. The van der Waals surface area contributed by atoms with Crippen LogP contribution >= 0.6 is 0 Å². The number of nitrogens with one attached hydrogen (secondary N) is 1. The van der Waals surface area contributed by atoms with E-state index >= 15 is 0 Å². The molecular weight excluding hydrogens is 396 g/mol. The Morgan fingerprint density at radius 1 is 1.17 bits per heavy atom. The summed E-state index contributed by atoms with van der Waals surface area (Å²) in [5.41, 5.74) is 1.38. The minimum absolute atomic E-state index is 0.0566. The van der Waals surface area contributed by atoms with Crippen molar-refractivity contribution < 1.29 is 18.1 Å². The predicted octanol–water partition coefficient (Wildman–Crippen LogP) is 3.12. The molecule has 154 valence electrons. The number of nitro groups is 1. The summed E-state index contributed by atoms with van der Waals surface area (Å²) >= 11 is 0. The molecule has 1 aromatic heterocycles. The average molecular weight is 418 g/mol. The zero-order chi connectivity index (χ0) is 20.6. The normalized spacial score (nSPS) is 18.3. The van der Waals surface area contributed by atoms with Gasteiger partial charge < -0.3 is 5.32 Å². The summed E-state index contributed by atoms with van der Waals surface area (Å²) in [6.07, 6.45) is 5.92. The third-order valence-corrected chi connectivity index (χ3v) is 6.99. The van der Waals surface area contributed by atoms with E-state index in [1.807, 2.05) is 0 Å². The van der Waals surface area contributed by atoms with Gasteiger partial charge in [0.2, 0.25) is 5.91 Å². The van der Waals surface area contributed by atoms with Gasteiger partial charge in [-0.2, -0.15) is 5.10 Å². The van der Waals surface area contributed by atoms with Crippen LogP contribution in [0.3, 0.4) is 0 Å². The highest BCUT2D eigenvalue weighted by molar-refractivity contribution is 7.90. The van der Waals surface area contributed by atoms with Gasteiger partial charge in [0.05, 0.1) is 27.8 Å². The minimum Gasteiger partial charge on any atom is -0.310 e. The Balaban J connectivity index is 1.63. The lowest BCUT2D eigenvalue weighted by atomic mass is 9.87. The number of nitrogens with zero attached hydrogens (tertiary/aromatic N) is 3. The van der Waals surface area contributed by atoms with Crippen LogP contribution in [0.1, 0.15) is 49.8 Å². The van der Waals surface area contributed by atoms with Crippen LogP contribution in [0.25, 0.3) is 5.69 Å². The van der Waals surface area contributed by atoms with Gasteiger partial charge in [-0.3, -0.25) is 14.9 Å². The van der Waals surface area contributed by atoms with Crippen LogP contribution in [0.2, 0.25) is 0 Å². The van der Waals surface area contributed by atoms with Crippen molar-refractivity contribution >= 4 is 27.2 Å². The molecule has 2 aromatic rings. The number of anilines is 1. The van der Waals surface area contributed by atoms with Crippen molar-refractivity contribution in [3.05, 3.63) is 45.6 Å². The molecule has 0 spiro atoms. The topological polar surface area (TPSA) is 124 Å². The Kier molecular flexibility index (Phi) is 5.12. The number of carbonyl (C=O) groups is 1. The second kappa shape index (κ2) is 7.58. The molecule has 1 aliphatic heterocycles. The summed E-state index contributed by atoms with van der Waals surface area (Å²) in [5.74, 6) is 0.182. The standard InChI is InChI=1S/C19H22N4O5S/c24-18(10-13-4-2-1-3-5-13)20-19-16-11-29(27,28)12-17(16)21-22(19)14-6-8-15(9-7-14)23(25)26/h6-9,13H,1-5,10-12H2,(H,20,24). The second-order valence-electron chi connectivity index (χ2n) is 7.75. The summed E-state index contributed by atoms with van der Waals surface area (Å²) in [5, 5.41) is 18.2. The van der Waals surface area contributed by atoms with E-state index in [0.717, 1.165) is 25.7 Å².